The van der Waals surface area contributed by atoms with E-state index in [2.05, 4.69) is 0 Å². The molecule has 2 rings (SSSR count). The first-order valence-electron chi connectivity index (χ1n) is 4.98. The number of likely N-dealkylation sites (N-methyl/N-ethyl adjacent to an activating group) is 1. The van der Waals surface area contributed by atoms with Gasteiger partial charge in [0.15, 0.2) is 0 Å². The summed E-state index contributed by atoms with van der Waals surface area (Å²) in [5.74, 6) is -0.265. The third-order valence-electron chi connectivity index (χ3n) is 2.96. The van der Waals surface area contributed by atoms with Gasteiger partial charge in [0, 0.05) is 17.4 Å². The zero-order valence-electron chi connectivity index (χ0n) is 8.54. The molecule has 1 aliphatic rings. The minimum absolute atomic E-state index is 0.0322. The zero-order chi connectivity index (χ0) is 11.1. The lowest BCUT2D eigenvalue weighted by atomic mass is 9.98. The lowest BCUT2D eigenvalue weighted by Crippen LogP contribution is -2.34. The molecular weight excluding hydrogens is 217 g/mol. The topological polar surface area (TPSA) is 23.1 Å². The number of halogens is 2. The maximum Gasteiger partial charge on any atom is 0.128 e. The Morgan fingerprint density at radius 2 is 2.27 bits per heavy atom. The summed E-state index contributed by atoms with van der Waals surface area (Å²) in [6.07, 6.45) is 0.749. The van der Waals surface area contributed by atoms with Crippen LogP contribution >= 0.6 is 11.6 Å². The summed E-state index contributed by atoms with van der Waals surface area (Å²) in [6, 6.07) is 4.67. The minimum Gasteiger partial charge on any atom is -0.633 e. The van der Waals surface area contributed by atoms with Gasteiger partial charge >= 0.3 is 0 Å². The molecule has 2 unspecified atom stereocenters. The molecule has 2 nitrogen and oxygen atoms in total. The molecule has 15 heavy (non-hydrogen) atoms. The molecule has 1 fully saturated rings. The highest BCUT2D eigenvalue weighted by atomic mass is 35.5. The average molecular weight is 230 g/mol. The first-order valence-corrected chi connectivity index (χ1v) is 5.36. The van der Waals surface area contributed by atoms with Crippen molar-refractivity contribution in [1.82, 2.24) is 0 Å². The molecule has 0 bridgehead atoms. The normalized spacial score (nSPS) is 30.8. The van der Waals surface area contributed by atoms with Gasteiger partial charge in [-0.3, -0.25) is 0 Å². The Balaban J connectivity index is 2.24. The van der Waals surface area contributed by atoms with Crippen LogP contribution in [0.1, 0.15) is 17.9 Å². The van der Waals surface area contributed by atoms with Gasteiger partial charge in [0.05, 0.1) is 20.1 Å². The van der Waals surface area contributed by atoms with Crippen molar-refractivity contribution in [2.45, 2.75) is 12.3 Å². The van der Waals surface area contributed by atoms with Gasteiger partial charge in [-0.25, -0.2) is 4.39 Å². The van der Waals surface area contributed by atoms with E-state index in [0.29, 0.717) is 23.7 Å². The minimum atomic E-state index is -0.297. The predicted molar refractivity (Wildman–Crippen MR) is 58.1 cm³/mol. The van der Waals surface area contributed by atoms with Gasteiger partial charge in [0.1, 0.15) is 5.82 Å². The SMILES string of the molecule is C[N+]1([O-])CCC(c2ccc(Cl)cc2F)C1. The molecule has 82 valence electrons. The van der Waals surface area contributed by atoms with Crippen molar-refractivity contribution in [1.29, 1.82) is 0 Å². The molecule has 0 saturated carbocycles. The fraction of sp³-hybridized carbons (Fsp3) is 0.455. The third-order valence-corrected chi connectivity index (χ3v) is 3.19. The van der Waals surface area contributed by atoms with E-state index >= 15 is 0 Å². The lowest BCUT2D eigenvalue weighted by molar-refractivity contribution is -0.848. The number of hydrogen-bond donors (Lipinski definition) is 0. The summed E-state index contributed by atoms with van der Waals surface area (Å²) in [7, 11) is 1.63. The Morgan fingerprint density at radius 1 is 1.53 bits per heavy atom. The number of nitrogens with zero attached hydrogens (tertiary/aromatic N) is 1. The van der Waals surface area contributed by atoms with Crippen molar-refractivity contribution < 1.29 is 9.04 Å². The Bertz CT molecular complexity index is 381. The predicted octanol–water partition coefficient (Wildman–Crippen LogP) is 2.91. The number of likely N-dealkylation sites (tertiary alicyclic amines) is 1. The van der Waals surface area contributed by atoms with Crippen LogP contribution in [0.2, 0.25) is 5.02 Å². The van der Waals surface area contributed by atoms with E-state index < -0.39 is 0 Å². The van der Waals surface area contributed by atoms with Gasteiger partial charge in [0.2, 0.25) is 0 Å². The van der Waals surface area contributed by atoms with Gasteiger partial charge in [0.25, 0.3) is 0 Å². The van der Waals surface area contributed by atoms with E-state index in [4.69, 9.17) is 11.6 Å². The van der Waals surface area contributed by atoms with Crippen LogP contribution in [0.15, 0.2) is 18.2 Å². The summed E-state index contributed by atoms with van der Waals surface area (Å²) in [5.41, 5.74) is 0.622. The molecule has 0 spiro atoms. The highest BCUT2D eigenvalue weighted by Crippen LogP contribution is 2.32. The molecule has 0 aromatic heterocycles. The Hall–Kier alpha value is -0.640. The lowest BCUT2D eigenvalue weighted by Gasteiger charge is -2.33. The van der Waals surface area contributed by atoms with Gasteiger partial charge in [-0.1, -0.05) is 17.7 Å². The van der Waals surface area contributed by atoms with E-state index in [9.17, 15) is 9.60 Å². The highest BCUT2D eigenvalue weighted by molar-refractivity contribution is 6.30. The van der Waals surface area contributed by atoms with Crippen LogP contribution in [0.3, 0.4) is 0 Å². The van der Waals surface area contributed by atoms with Gasteiger partial charge in [-0.05, 0) is 17.7 Å². The van der Waals surface area contributed by atoms with Crippen LogP contribution in [0.4, 0.5) is 4.39 Å². The van der Waals surface area contributed by atoms with Crippen molar-refractivity contribution in [2.75, 3.05) is 20.1 Å². The summed E-state index contributed by atoms with van der Waals surface area (Å²) in [5, 5.41) is 12.1. The van der Waals surface area contributed by atoms with Gasteiger partial charge in [-0.15, -0.1) is 0 Å². The van der Waals surface area contributed by atoms with E-state index in [0.717, 1.165) is 6.42 Å². The number of hydroxylamine groups is 3. The van der Waals surface area contributed by atoms with E-state index in [1.165, 1.54) is 6.07 Å². The zero-order valence-corrected chi connectivity index (χ0v) is 9.30. The summed E-state index contributed by atoms with van der Waals surface area (Å²) in [4.78, 5) is 0. The summed E-state index contributed by atoms with van der Waals surface area (Å²) >= 11 is 5.67. The summed E-state index contributed by atoms with van der Waals surface area (Å²) in [6.45, 7) is 1.02. The second-order valence-electron chi connectivity index (χ2n) is 4.35. The molecule has 1 saturated heterocycles. The summed E-state index contributed by atoms with van der Waals surface area (Å²) < 4.78 is 13.3. The smallest absolute Gasteiger partial charge is 0.128 e. The fourth-order valence-electron chi connectivity index (χ4n) is 2.16. The third kappa shape index (κ3) is 2.30. The average Bonchev–Trinajstić information content (AvgIpc) is 2.46. The molecule has 0 aliphatic carbocycles. The van der Waals surface area contributed by atoms with Crippen molar-refractivity contribution in [2.24, 2.45) is 0 Å². The van der Waals surface area contributed by atoms with Crippen molar-refractivity contribution in [3.8, 4) is 0 Å². The van der Waals surface area contributed by atoms with Crippen LogP contribution < -0.4 is 0 Å². The van der Waals surface area contributed by atoms with Crippen molar-refractivity contribution in [3.05, 3.63) is 39.8 Å². The maximum atomic E-state index is 13.6. The molecule has 0 N–H and O–H groups in total. The van der Waals surface area contributed by atoms with E-state index in [1.54, 1.807) is 19.2 Å². The number of benzene rings is 1. The Kier molecular flexibility index (Phi) is 2.71. The fourth-order valence-corrected chi connectivity index (χ4v) is 2.32. The molecule has 2 atom stereocenters. The number of rotatable bonds is 1. The number of quaternary nitrogens is 1. The van der Waals surface area contributed by atoms with Crippen LogP contribution in [-0.4, -0.2) is 24.8 Å². The Labute approximate surface area is 93.4 Å². The first kappa shape index (κ1) is 10.9. The molecule has 1 aromatic carbocycles. The Morgan fingerprint density at radius 3 is 2.80 bits per heavy atom. The van der Waals surface area contributed by atoms with E-state index in [1.807, 2.05) is 0 Å². The molecule has 0 radical (unpaired) electrons. The van der Waals surface area contributed by atoms with Crippen LogP contribution in [-0.2, 0) is 0 Å². The first-order chi connectivity index (χ1) is 6.98. The molecular formula is C11H13ClFNO. The largest absolute Gasteiger partial charge is 0.633 e. The molecule has 1 heterocycles. The maximum absolute atomic E-state index is 13.6. The monoisotopic (exact) mass is 229 g/mol. The highest BCUT2D eigenvalue weighted by Gasteiger charge is 2.30. The molecule has 4 heteroatoms. The quantitative estimate of drug-likeness (QED) is 0.536. The van der Waals surface area contributed by atoms with Crippen molar-refractivity contribution >= 4 is 11.6 Å². The van der Waals surface area contributed by atoms with Crippen LogP contribution in [0.25, 0.3) is 0 Å². The number of hydrogen-bond acceptors (Lipinski definition) is 1. The standard InChI is InChI=1S/C11H13ClFNO/c1-14(15)5-4-8(7-14)10-3-2-9(12)6-11(10)13/h2-3,6,8H,4-5,7H2,1H3. The molecule has 1 aromatic rings. The van der Waals surface area contributed by atoms with Crippen molar-refractivity contribution in [3.63, 3.8) is 0 Å². The van der Waals surface area contributed by atoms with E-state index in [-0.39, 0.29) is 16.4 Å². The van der Waals surface area contributed by atoms with Crippen LogP contribution in [0.5, 0.6) is 0 Å². The van der Waals surface area contributed by atoms with Gasteiger partial charge in [-0.2, -0.15) is 0 Å². The second kappa shape index (κ2) is 3.74. The molecule has 0 amide bonds. The van der Waals surface area contributed by atoms with Crippen LogP contribution in [0, 0.1) is 11.0 Å². The second-order valence-corrected chi connectivity index (χ2v) is 4.79. The van der Waals surface area contributed by atoms with Gasteiger partial charge < -0.3 is 9.85 Å². The molecule has 1 aliphatic heterocycles.